The van der Waals surface area contributed by atoms with Crippen LogP contribution in [0, 0.1) is 0 Å². The summed E-state index contributed by atoms with van der Waals surface area (Å²) < 4.78 is 5.12. The molecule has 1 aromatic carbocycles. The third kappa shape index (κ3) is 2.28. The van der Waals surface area contributed by atoms with E-state index < -0.39 is 0 Å². The number of benzene rings is 1. The molecule has 0 aliphatic heterocycles. The van der Waals surface area contributed by atoms with Gasteiger partial charge in [-0.3, -0.25) is 0 Å². The van der Waals surface area contributed by atoms with Crippen molar-refractivity contribution < 1.29 is 4.74 Å². The normalized spacial score (nSPS) is 9.46. The summed E-state index contributed by atoms with van der Waals surface area (Å²) >= 11 is 0. The number of nitrogens with one attached hydrogen (secondary N) is 2. The van der Waals surface area contributed by atoms with Gasteiger partial charge in [0.25, 0.3) is 0 Å². The molecule has 0 heterocycles. The van der Waals surface area contributed by atoms with Crippen LogP contribution in [0.15, 0.2) is 18.2 Å². The second-order valence-corrected chi connectivity index (χ2v) is 2.69. The van der Waals surface area contributed by atoms with E-state index in [4.69, 9.17) is 4.74 Å². The quantitative estimate of drug-likeness (QED) is 0.745. The highest BCUT2D eigenvalue weighted by atomic mass is 16.5. The van der Waals surface area contributed by atoms with E-state index in [0.29, 0.717) is 0 Å². The number of methoxy groups -OCH3 is 1. The maximum atomic E-state index is 5.12. The molecular weight excluding hydrogens is 164 g/mol. The summed E-state index contributed by atoms with van der Waals surface area (Å²) in [5.41, 5.74) is 2.16. The largest absolute Gasteiger partial charge is 0.497 e. The van der Waals surface area contributed by atoms with E-state index in [2.05, 4.69) is 17.6 Å². The van der Waals surface area contributed by atoms with Crippen LogP contribution in [0.2, 0.25) is 0 Å². The van der Waals surface area contributed by atoms with Crippen LogP contribution < -0.4 is 15.4 Å². The molecule has 1 rings (SSSR count). The molecular formula is C10H16N2O. The Kier molecular flexibility index (Phi) is 3.43. The van der Waals surface area contributed by atoms with Crippen LogP contribution in [0.4, 0.5) is 11.4 Å². The second-order valence-electron chi connectivity index (χ2n) is 2.69. The minimum Gasteiger partial charge on any atom is -0.497 e. The minimum atomic E-state index is 0.867. The van der Waals surface area contributed by atoms with Crippen molar-refractivity contribution >= 4 is 11.4 Å². The smallest absolute Gasteiger partial charge is 0.121 e. The Balaban J connectivity index is 2.93. The first-order valence-corrected chi connectivity index (χ1v) is 4.41. The van der Waals surface area contributed by atoms with Gasteiger partial charge in [-0.15, -0.1) is 0 Å². The lowest BCUT2D eigenvalue weighted by molar-refractivity contribution is 0.415. The van der Waals surface area contributed by atoms with Crippen LogP contribution >= 0.6 is 0 Å². The zero-order chi connectivity index (χ0) is 9.68. The average Bonchev–Trinajstić information content (AvgIpc) is 2.19. The SMILES string of the molecule is CCNc1ccc(OC)cc1NC. The molecule has 3 nitrogen and oxygen atoms in total. The third-order valence-corrected chi connectivity index (χ3v) is 1.86. The van der Waals surface area contributed by atoms with Crippen LogP contribution in [-0.4, -0.2) is 20.7 Å². The van der Waals surface area contributed by atoms with Gasteiger partial charge in [-0.2, -0.15) is 0 Å². The van der Waals surface area contributed by atoms with Crippen molar-refractivity contribution in [2.24, 2.45) is 0 Å². The van der Waals surface area contributed by atoms with Crippen molar-refractivity contribution in [3.8, 4) is 5.75 Å². The van der Waals surface area contributed by atoms with Crippen LogP contribution in [0.25, 0.3) is 0 Å². The maximum Gasteiger partial charge on any atom is 0.121 e. The lowest BCUT2D eigenvalue weighted by Crippen LogP contribution is -2.01. The molecule has 1 aromatic rings. The van der Waals surface area contributed by atoms with Crippen molar-refractivity contribution in [2.45, 2.75) is 6.92 Å². The first-order chi connectivity index (χ1) is 6.31. The lowest BCUT2D eigenvalue weighted by Gasteiger charge is -2.11. The number of hydrogen-bond acceptors (Lipinski definition) is 3. The van der Waals surface area contributed by atoms with Gasteiger partial charge >= 0.3 is 0 Å². The molecule has 13 heavy (non-hydrogen) atoms. The molecule has 0 radical (unpaired) electrons. The van der Waals surface area contributed by atoms with E-state index in [1.807, 2.05) is 25.2 Å². The Morgan fingerprint density at radius 3 is 2.62 bits per heavy atom. The van der Waals surface area contributed by atoms with Gasteiger partial charge < -0.3 is 15.4 Å². The predicted octanol–water partition coefficient (Wildman–Crippen LogP) is 2.17. The Morgan fingerprint density at radius 2 is 2.08 bits per heavy atom. The summed E-state index contributed by atoms with van der Waals surface area (Å²) in [5, 5.41) is 6.37. The maximum absolute atomic E-state index is 5.12. The molecule has 0 amide bonds. The number of hydrogen-bond donors (Lipinski definition) is 2. The molecule has 0 fully saturated rings. The highest BCUT2D eigenvalue weighted by Crippen LogP contribution is 2.26. The average molecular weight is 180 g/mol. The van der Waals surface area contributed by atoms with Gasteiger partial charge in [-0.25, -0.2) is 0 Å². The van der Waals surface area contributed by atoms with Gasteiger partial charge in [0.15, 0.2) is 0 Å². The summed E-state index contributed by atoms with van der Waals surface area (Å²) in [5.74, 6) is 0.867. The number of rotatable bonds is 4. The summed E-state index contributed by atoms with van der Waals surface area (Å²) in [4.78, 5) is 0. The number of ether oxygens (including phenoxy) is 1. The van der Waals surface area contributed by atoms with E-state index in [0.717, 1.165) is 23.7 Å². The van der Waals surface area contributed by atoms with Crippen molar-refractivity contribution in [3.63, 3.8) is 0 Å². The molecule has 0 unspecified atom stereocenters. The molecule has 0 spiro atoms. The Labute approximate surface area is 79.1 Å². The minimum absolute atomic E-state index is 0.867. The lowest BCUT2D eigenvalue weighted by atomic mass is 10.2. The van der Waals surface area contributed by atoms with Gasteiger partial charge in [0, 0.05) is 19.7 Å². The van der Waals surface area contributed by atoms with E-state index in [-0.39, 0.29) is 0 Å². The van der Waals surface area contributed by atoms with Gasteiger partial charge in [0.2, 0.25) is 0 Å². The van der Waals surface area contributed by atoms with Crippen LogP contribution in [0.1, 0.15) is 6.92 Å². The molecule has 0 aliphatic rings. The van der Waals surface area contributed by atoms with Gasteiger partial charge in [-0.1, -0.05) is 0 Å². The van der Waals surface area contributed by atoms with E-state index in [1.54, 1.807) is 7.11 Å². The van der Waals surface area contributed by atoms with Gasteiger partial charge in [0.05, 0.1) is 18.5 Å². The predicted molar refractivity (Wildman–Crippen MR) is 56.7 cm³/mol. The molecule has 0 saturated carbocycles. The van der Waals surface area contributed by atoms with E-state index in [9.17, 15) is 0 Å². The molecule has 0 bridgehead atoms. The molecule has 2 N–H and O–H groups in total. The molecule has 0 aliphatic carbocycles. The monoisotopic (exact) mass is 180 g/mol. The Bertz CT molecular complexity index is 274. The highest BCUT2D eigenvalue weighted by Gasteiger charge is 2.00. The van der Waals surface area contributed by atoms with Crippen molar-refractivity contribution in [2.75, 3.05) is 31.3 Å². The van der Waals surface area contributed by atoms with Crippen LogP contribution in [0.5, 0.6) is 5.75 Å². The third-order valence-electron chi connectivity index (χ3n) is 1.86. The summed E-state index contributed by atoms with van der Waals surface area (Å²) in [7, 11) is 3.57. The summed E-state index contributed by atoms with van der Waals surface area (Å²) in [6.07, 6.45) is 0. The first-order valence-electron chi connectivity index (χ1n) is 4.41. The van der Waals surface area contributed by atoms with Gasteiger partial charge in [-0.05, 0) is 19.1 Å². The van der Waals surface area contributed by atoms with Crippen molar-refractivity contribution in [1.82, 2.24) is 0 Å². The summed E-state index contributed by atoms with van der Waals surface area (Å²) in [6.45, 7) is 2.99. The summed E-state index contributed by atoms with van der Waals surface area (Å²) in [6, 6.07) is 5.92. The molecule has 0 atom stereocenters. The molecule has 3 heteroatoms. The Hall–Kier alpha value is -1.38. The van der Waals surface area contributed by atoms with Gasteiger partial charge in [0.1, 0.15) is 5.75 Å². The fourth-order valence-electron chi connectivity index (χ4n) is 1.20. The highest BCUT2D eigenvalue weighted by molar-refractivity contribution is 5.70. The van der Waals surface area contributed by atoms with Crippen molar-refractivity contribution in [3.05, 3.63) is 18.2 Å². The second kappa shape index (κ2) is 4.60. The standard InChI is InChI=1S/C10H16N2O/c1-4-12-9-6-5-8(13-3)7-10(9)11-2/h5-7,11-12H,4H2,1-3H3. The topological polar surface area (TPSA) is 33.3 Å². The van der Waals surface area contributed by atoms with E-state index >= 15 is 0 Å². The first kappa shape index (κ1) is 9.71. The van der Waals surface area contributed by atoms with Crippen molar-refractivity contribution in [1.29, 1.82) is 0 Å². The Morgan fingerprint density at radius 1 is 1.31 bits per heavy atom. The molecule has 72 valence electrons. The molecule has 0 saturated heterocycles. The zero-order valence-corrected chi connectivity index (χ0v) is 8.35. The van der Waals surface area contributed by atoms with E-state index in [1.165, 1.54) is 0 Å². The number of anilines is 2. The molecule has 0 aromatic heterocycles. The fourth-order valence-corrected chi connectivity index (χ4v) is 1.20. The van der Waals surface area contributed by atoms with Crippen LogP contribution in [-0.2, 0) is 0 Å². The zero-order valence-electron chi connectivity index (χ0n) is 8.35. The van der Waals surface area contributed by atoms with Crippen LogP contribution in [0.3, 0.4) is 0 Å². The fraction of sp³-hybridized carbons (Fsp3) is 0.400.